The van der Waals surface area contributed by atoms with Gasteiger partial charge in [-0.15, -0.1) is 0 Å². The number of fused-ring (bicyclic) bond motifs is 1. The molecule has 0 spiro atoms. The van der Waals surface area contributed by atoms with Crippen LogP contribution in [0.2, 0.25) is 0 Å². The number of anilines is 3. The topological polar surface area (TPSA) is 110 Å². The lowest BCUT2D eigenvalue weighted by Gasteiger charge is -2.10. The van der Waals surface area contributed by atoms with Crippen LogP contribution in [-0.2, 0) is 10.0 Å². The third-order valence-electron chi connectivity index (χ3n) is 4.18. The van der Waals surface area contributed by atoms with Gasteiger partial charge in [0.25, 0.3) is 10.0 Å². The molecule has 0 unspecified atom stereocenters. The van der Waals surface area contributed by atoms with Gasteiger partial charge in [0, 0.05) is 22.5 Å². The van der Waals surface area contributed by atoms with E-state index in [1.54, 1.807) is 32.0 Å². The van der Waals surface area contributed by atoms with Crippen LogP contribution in [0.5, 0.6) is 0 Å². The van der Waals surface area contributed by atoms with Crippen molar-refractivity contribution in [1.82, 2.24) is 19.9 Å². The van der Waals surface area contributed by atoms with E-state index in [1.807, 2.05) is 24.3 Å². The predicted octanol–water partition coefficient (Wildman–Crippen LogP) is 3.58. The normalized spacial score (nSPS) is 11.4. The second kappa shape index (κ2) is 7.44. The predicted molar refractivity (Wildman–Crippen MR) is 112 cm³/mol. The van der Waals surface area contributed by atoms with Gasteiger partial charge in [-0.05, 0) is 56.3 Å². The maximum Gasteiger partial charge on any atom is 0.264 e. The van der Waals surface area contributed by atoms with E-state index in [1.165, 1.54) is 18.5 Å². The quantitative estimate of drug-likeness (QED) is 0.521. The smallest absolute Gasteiger partial charge is 0.264 e. The molecule has 0 aliphatic rings. The summed E-state index contributed by atoms with van der Waals surface area (Å²) < 4.78 is 27.7. The first-order valence-electron chi connectivity index (χ1n) is 8.83. The molecule has 0 aliphatic carbocycles. The summed E-state index contributed by atoms with van der Waals surface area (Å²) in [5.74, 6) is 0.699. The van der Waals surface area contributed by atoms with Gasteiger partial charge in [-0.25, -0.2) is 33.1 Å². The molecule has 4 aromatic rings. The van der Waals surface area contributed by atoms with E-state index in [-0.39, 0.29) is 10.8 Å². The molecule has 2 aromatic heterocycles. The van der Waals surface area contributed by atoms with Crippen LogP contribution in [0.25, 0.3) is 10.9 Å². The molecular weight excluding hydrogens is 388 g/mol. The lowest BCUT2D eigenvalue weighted by molar-refractivity contribution is 0.601. The van der Waals surface area contributed by atoms with Crippen molar-refractivity contribution < 1.29 is 8.42 Å². The Hall–Kier alpha value is -3.59. The number of aryl methyl sites for hydroxylation is 2. The number of rotatable bonds is 5. The Morgan fingerprint density at radius 2 is 1.55 bits per heavy atom. The molecule has 0 aliphatic heterocycles. The van der Waals surface area contributed by atoms with Crippen LogP contribution in [0.1, 0.15) is 11.4 Å². The number of aromatic nitrogens is 4. The van der Waals surface area contributed by atoms with Crippen LogP contribution in [-0.4, -0.2) is 28.4 Å². The lowest BCUT2D eigenvalue weighted by Crippen LogP contribution is -2.15. The van der Waals surface area contributed by atoms with Crippen LogP contribution < -0.4 is 10.0 Å². The van der Waals surface area contributed by atoms with E-state index in [0.717, 1.165) is 10.9 Å². The van der Waals surface area contributed by atoms with Gasteiger partial charge < -0.3 is 5.32 Å². The summed E-state index contributed by atoms with van der Waals surface area (Å²) in [6.07, 6.45) is 1.48. The second-order valence-corrected chi connectivity index (χ2v) is 8.15. The molecule has 0 atom stereocenters. The molecule has 8 nitrogen and oxygen atoms in total. The molecule has 2 N–H and O–H groups in total. The molecule has 2 aromatic carbocycles. The van der Waals surface area contributed by atoms with E-state index < -0.39 is 10.0 Å². The first kappa shape index (κ1) is 18.8. The molecule has 0 saturated carbocycles. The number of sulfonamides is 1. The molecule has 146 valence electrons. The highest BCUT2D eigenvalue weighted by Gasteiger charge is 2.16. The highest BCUT2D eigenvalue weighted by molar-refractivity contribution is 7.92. The molecule has 0 radical (unpaired) electrons. The number of para-hydroxylation sites is 1. The summed E-state index contributed by atoms with van der Waals surface area (Å²) in [7, 11) is -3.80. The minimum Gasteiger partial charge on any atom is -0.340 e. The minimum absolute atomic E-state index is 0.0529. The highest BCUT2D eigenvalue weighted by Crippen LogP contribution is 2.24. The van der Waals surface area contributed by atoms with Gasteiger partial charge in [-0.1, -0.05) is 12.1 Å². The van der Waals surface area contributed by atoms with Crippen molar-refractivity contribution in [2.24, 2.45) is 0 Å². The van der Waals surface area contributed by atoms with E-state index in [4.69, 9.17) is 0 Å². The Morgan fingerprint density at radius 3 is 2.28 bits per heavy atom. The molecule has 0 amide bonds. The van der Waals surface area contributed by atoms with Gasteiger partial charge in [0.2, 0.25) is 5.95 Å². The number of benzene rings is 2. The summed E-state index contributed by atoms with van der Waals surface area (Å²) in [6.45, 7) is 3.56. The summed E-state index contributed by atoms with van der Waals surface area (Å²) in [5, 5.41) is 4.07. The van der Waals surface area contributed by atoms with Crippen molar-refractivity contribution >= 4 is 38.4 Å². The molecule has 29 heavy (non-hydrogen) atoms. The van der Waals surface area contributed by atoms with Crippen molar-refractivity contribution in [2.45, 2.75) is 18.7 Å². The monoisotopic (exact) mass is 406 g/mol. The fourth-order valence-electron chi connectivity index (χ4n) is 2.91. The summed E-state index contributed by atoms with van der Waals surface area (Å²) in [5.41, 5.74) is 2.90. The maximum atomic E-state index is 12.6. The van der Waals surface area contributed by atoms with Crippen LogP contribution in [0, 0.1) is 13.8 Å². The van der Waals surface area contributed by atoms with Crippen molar-refractivity contribution in [3.8, 4) is 0 Å². The van der Waals surface area contributed by atoms with Gasteiger partial charge >= 0.3 is 0 Å². The van der Waals surface area contributed by atoms with Gasteiger partial charge in [-0.2, -0.15) is 0 Å². The van der Waals surface area contributed by atoms with E-state index in [2.05, 4.69) is 30.0 Å². The van der Waals surface area contributed by atoms with Crippen molar-refractivity contribution in [3.63, 3.8) is 0 Å². The van der Waals surface area contributed by atoms with Gasteiger partial charge in [-0.3, -0.25) is 0 Å². The summed E-state index contributed by atoms with van der Waals surface area (Å²) >= 11 is 0. The standard InChI is InChI=1S/C20H18N6O2S/c1-13-11-14(2)24-20(23-13)26-29(27,28)16-9-7-15(8-10-16)25-19-17-5-3-4-6-18(17)21-12-22-19/h3-12H,1-2H3,(H,21,22,25)(H,23,24,26). The first-order valence-corrected chi connectivity index (χ1v) is 10.3. The Kier molecular flexibility index (Phi) is 4.81. The fraction of sp³-hybridized carbons (Fsp3) is 0.100. The third-order valence-corrected chi connectivity index (χ3v) is 5.52. The number of hydrogen-bond donors (Lipinski definition) is 2. The molecule has 0 bridgehead atoms. The van der Waals surface area contributed by atoms with Crippen LogP contribution in [0.15, 0.2) is 65.8 Å². The Labute approximate surface area is 168 Å². The third kappa shape index (κ3) is 4.14. The van der Waals surface area contributed by atoms with E-state index in [9.17, 15) is 8.42 Å². The van der Waals surface area contributed by atoms with E-state index >= 15 is 0 Å². The van der Waals surface area contributed by atoms with Crippen LogP contribution in [0.4, 0.5) is 17.5 Å². The Morgan fingerprint density at radius 1 is 0.862 bits per heavy atom. The SMILES string of the molecule is Cc1cc(C)nc(NS(=O)(=O)c2ccc(Nc3ncnc4ccccc34)cc2)n1. The van der Waals surface area contributed by atoms with Crippen molar-refractivity contribution in [1.29, 1.82) is 0 Å². The summed E-state index contributed by atoms with van der Waals surface area (Å²) in [4.78, 5) is 16.9. The number of nitrogens with zero attached hydrogens (tertiary/aromatic N) is 4. The molecule has 9 heteroatoms. The van der Waals surface area contributed by atoms with Crippen LogP contribution in [0.3, 0.4) is 0 Å². The number of nitrogens with one attached hydrogen (secondary N) is 2. The fourth-order valence-corrected chi connectivity index (χ4v) is 3.85. The second-order valence-electron chi connectivity index (χ2n) is 6.47. The molecule has 0 saturated heterocycles. The Bertz CT molecular complexity index is 1260. The van der Waals surface area contributed by atoms with Crippen molar-refractivity contribution in [2.75, 3.05) is 10.0 Å². The molecule has 0 fully saturated rings. The molecule has 4 rings (SSSR count). The van der Waals surface area contributed by atoms with Gasteiger partial charge in [0.1, 0.15) is 12.1 Å². The molecular formula is C20H18N6O2S. The zero-order valence-electron chi connectivity index (χ0n) is 15.8. The number of hydrogen-bond acceptors (Lipinski definition) is 7. The average Bonchev–Trinajstić information content (AvgIpc) is 2.67. The van der Waals surface area contributed by atoms with Gasteiger partial charge in [0.05, 0.1) is 10.4 Å². The van der Waals surface area contributed by atoms with Crippen LogP contribution >= 0.6 is 0 Å². The highest BCUT2D eigenvalue weighted by atomic mass is 32.2. The summed E-state index contributed by atoms with van der Waals surface area (Å²) in [6, 6.07) is 15.8. The zero-order valence-corrected chi connectivity index (χ0v) is 16.6. The lowest BCUT2D eigenvalue weighted by atomic mass is 10.2. The minimum atomic E-state index is -3.80. The van der Waals surface area contributed by atoms with Gasteiger partial charge in [0.15, 0.2) is 0 Å². The zero-order chi connectivity index (χ0) is 20.4. The molecule has 2 heterocycles. The average molecular weight is 406 g/mol. The first-order chi connectivity index (χ1) is 13.9. The van der Waals surface area contributed by atoms with E-state index in [0.29, 0.717) is 22.9 Å². The van der Waals surface area contributed by atoms with Crippen molar-refractivity contribution in [3.05, 3.63) is 72.3 Å². The maximum absolute atomic E-state index is 12.6. The Balaban J connectivity index is 1.57. The largest absolute Gasteiger partial charge is 0.340 e.